The van der Waals surface area contributed by atoms with Gasteiger partial charge in [0.2, 0.25) is 0 Å². The van der Waals surface area contributed by atoms with Crippen LogP contribution in [0.5, 0.6) is 0 Å². The van der Waals surface area contributed by atoms with Gasteiger partial charge in [-0.25, -0.2) is 0 Å². The van der Waals surface area contributed by atoms with E-state index in [9.17, 15) is 0 Å². The molecular weight excluding hydrogens is 234 g/mol. The number of hydrogen-bond donors (Lipinski definition) is 1. The summed E-state index contributed by atoms with van der Waals surface area (Å²) in [6, 6.07) is 5.10. The summed E-state index contributed by atoms with van der Waals surface area (Å²) in [5.41, 5.74) is 2.41. The number of nitrogens with zero attached hydrogens (tertiary/aromatic N) is 2. The summed E-state index contributed by atoms with van der Waals surface area (Å²) in [6.45, 7) is 5.40. The first kappa shape index (κ1) is 12.9. The van der Waals surface area contributed by atoms with E-state index in [1.54, 1.807) is 0 Å². The van der Waals surface area contributed by atoms with E-state index in [0.717, 1.165) is 25.0 Å². The first-order chi connectivity index (χ1) is 9.36. The van der Waals surface area contributed by atoms with E-state index in [0.29, 0.717) is 0 Å². The Morgan fingerprint density at radius 3 is 3.11 bits per heavy atom. The minimum atomic E-state index is 0.832. The lowest BCUT2D eigenvalue weighted by Gasteiger charge is -2.31. The Morgan fingerprint density at radius 1 is 1.32 bits per heavy atom. The van der Waals surface area contributed by atoms with Crippen LogP contribution in [0, 0.1) is 5.92 Å². The van der Waals surface area contributed by atoms with Crippen LogP contribution in [0.4, 0.5) is 5.69 Å². The zero-order valence-corrected chi connectivity index (χ0v) is 11.9. The molecule has 1 aromatic rings. The fourth-order valence-electron chi connectivity index (χ4n) is 3.79. The molecule has 0 amide bonds. The van der Waals surface area contributed by atoms with Gasteiger partial charge < -0.3 is 5.32 Å². The second kappa shape index (κ2) is 5.91. The summed E-state index contributed by atoms with van der Waals surface area (Å²) in [5, 5.41) is 3.37. The maximum atomic E-state index is 4.54. The van der Waals surface area contributed by atoms with Gasteiger partial charge in [-0.15, -0.1) is 0 Å². The lowest BCUT2D eigenvalue weighted by Crippen LogP contribution is -2.34. The summed E-state index contributed by atoms with van der Waals surface area (Å²) in [6.07, 6.45) is 9.05. The van der Waals surface area contributed by atoms with Crippen LogP contribution < -0.4 is 5.32 Å². The molecule has 2 heterocycles. The average molecular weight is 259 g/mol. The second-order valence-electron chi connectivity index (χ2n) is 5.94. The van der Waals surface area contributed by atoms with Crippen LogP contribution in [0.3, 0.4) is 0 Å². The largest absolute Gasteiger partial charge is 0.385 e. The highest BCUT2D eigenvalue weighted by Crippen LogP contribution is 2.36. The number of pyridine rings is 1. The summed E-state index contributed by atoms with van der Waals surface area (Å²) < 4.78 is 0. The van der Waals surface area contributed by atoms with Crippen molar-refractivity contribution >= 4 is 5.69 Å². The van der Waals surface area contributed by atoms with E-state index in [1.807, 2.05) is 6.20 Å². The predicted molar refractivity (Wildman–Crippen MR) is 79.2 cm³/mol. The van der Waals surface area contributed by atoms with Crippen molar-refractivity contribution in [2.45, 2.75) is 51.6 Å². The van der Waals surface area contributed by atoms with Crippen LogP contribution in [0.2, 0.25) is 0 Å². The Kier molecular flexibility index (Phi) is 4.02. The number of aromatic nitrogens is 1. The summed E-state index contributed by atoms with van der Waals surface area (Å²) in [5.74, 6) is 0.964. The molecule has 0 bridgehead atoms. The summed E-state index contributed by atoms with van der Waals surface area (Å²) in [7, 11) is 0. The quantitative estimate of drug-likeness (QED) is 0.899. The van der Waals surface area contributed by atoms with Crippen LogP contribution in [-0.2, 0) is 6.54 Å². The predicted octanol–water partition coefficient (Wildman–Crippen LogP) is 3.28. The molecule has 1 aliphatic carbocycles. The molecule has 2 unspecified atom stereocenters. The van der Waals surface area contributed by atoms with Gasteiger partial charge in [0.25, 0.3) is 0 Å². The number of likely N-dealkylation sites (tertiary alicyclic amines) is 1. The highest BCUT2D eigenvalue weighted by molar-refractivity contribution is 5.42. The van der Waals surface area contributed by atoms with E-state index in [4.69, 9.17) is 0 Å². The lowest BCUT2D eigenvalue weighted by atomic mass is 9.85. The van der Waals surface area contributed by atoms with Gasteiger partial charge in [0.05, 0.1) is 5.69 Å². The molecule has 3 nitrogen and oxygen atoms in total. The Hall–Kier alpha value is -1.09. The zero-order chi connectivity index (χ0) is 13.1. The summed E-state index contributed by atoms with van der Waals surface area (Å²) in [4.78, 5) is 7.21. The first-order valence-corrected chi connectivity index (χ1v) is 7.79. The monoisotopic (exact) mass is 259 g/mol. The zero-order valence-electron chi connectivity index (χ0n) is 11.9. The van der Waals surface area contributed by atoms with Gasteiger partial charge in [-0.1, -0.05) is 12.8 Å². The summed E-state index contributed by atoms with van der Waals surface area (Å²) >= 11 is 0. The normalized spacial score (nSPS) is 27.2. The maximum Gasteiger partial charge on any atom is 0.0564 e. The second-order valence-corrected chi connectivity index (χ2v) is 5.94. The van der Waals surface area contributed by atoms with Crippen molar-refractivity contribution in [3.8, 4) is 0 Å². The van der Waals surface area contributed by atoms with Crippen LogP contribution in [0.1, 0.15) is 44.7 Å². The van der Waals surface area contributed by atoms with Gasteiger partial charge in [0.15, 0.2) is 0 Å². The van der Waals surface area contributed by atoms with Crippen molar-refractivity contribution in [1.29, 1.82) is 0 Å². The molecule has 1 N–H and O–H groups in total. The van der Waals surface area contributed by atoms with Gasteiger partial charge in [-0.3, -0.25) is 9.88 Å². The molecule has 0 spiro atoms. The molecule has 1 saturated heterocycles. The van der Waals surface area contributed by atoms with Crippen LogP contribution in [0.15, 0.2) is 18.3 Å². The number of anilines is 1. The van der Waals surface area contributed by atoms with Crippen molar-refractivity contribution in [1.82, 2.24) is 9.88 Å². The van der Waals surface area contributed by atoms with Crippen LogP contribution >= 0.6 is 0 Å². The highest BCUT2D eigenvalue weighted by Gasteiger charge is 2.35. The molecular formula is C16H25N3. The smallest absolute Gasteiger partial charge is 0.0564 e. The molecule has 3 heteroatoms. The lowest BCUT2D eigenvalue weighted by molar-refractivity contribution is 0.174. The fourth-order valence-corrected chi connectivity index (χ4v) is 3.79. The Morgan fingerprint density at radius 2 is 2.21 bits per heavy atom. The van der Waals surface area contributed by atoms with E-state index in [-0.39, 0.29) is 0 Å². The molecule has 2 aliphatic rings. The van der Waals surface area contributed by atoms with Crippen LogP contribution in [0.25, 0.3) is 0 Å². The molecule has 0 aromatic carbocycles. The third-order valence-electron chi connectivity index (χ3n) is 4.69. The Labute approximate surface area is 116 Å². The van der Waals surface area contributed by atoms with Gasteiger partial charge in [-0.2, -0.15) is 0 Å². The Balaban J connectivity index is 1.66. The molecule has 1 aromatic heterocycles. The number of nitrogens with one attached hydrogen (secondary N) is 1. The number of rotatable bonds is 4. The third-order valence-corrected chi connectivity index (χ3v) is 4.69. The van der Waals surface area contributed by atoms with Gasteiger partial charge in [0.1, 0.15) is 0 Å². The van der Waals surface area contributed by atoms with Crippen molar-refractivity contribution in [2.75, 3.05) is 18.4 Å². The van der Waals surface area contributed by atoms with E-state index in [2.05, 4.69) is 34.3 Å². The van der Waals surface area contributed by atoms with Crippen molar-refractivity contribution in [3.63, 3.8) is 0 Å². The number of hydrogen-bond acceptors (Lipinski definition) is 3. The molecule has 104 valence electrons. The van der Waals surface area contributed by atoms with Gasteiger partial charge in [0, 0.05) is 31.0 Å². The topological polar surface area (TPSA) is 28.2 Å². The van der Waals surface area contributed by atoms with E-state index >= 15 is 0 Å². The SMILES string of the molecule is CCNc1ccnc(CN2CCC3CCCCC32)c1. The van der Waals surface area contributed by atoms with Gasteiger partial charge in [-0.05, 0) is 50.8 Å². The molecule has 2 fully saturated rings. The molecule has 2 atom stereocenters. The molecule has 1 aliphatic heterocycles. The molecule has 3 rings (SSSR count). The number of fused-ring (bicyclic) bond motifs is 1. The van der Waals surface area contributed by atoms with E-state index in [1.165, 1.54) is 50.0 Å². The van der Waals surface area contributed by atoms with Gasteiger partial charge >= 0.3 is 0 Å². The standard InChI is InChI=1S/C16H25N3/c1-2-17-14-7-9-18-15(11-14)12-19-10-8-13-5-3-4-6-16(13)19/h7,9,11,13,16H,2-6,8,10,12H2,1H3,(H,17,18). The Bertz CT molecular complexity index is 418. The van der Waals surface area contributed by atoms with Crippen molar-refractivity contribution in [2.24, 2.45) is 5.92 Å². The van der Waals surface area contributed by atoms with Crippen molar-refractivity contribution < 1.29 is 0 Å². The third kappa shape index (κ3) is 2.92. The average Bonchev–Trinajstić information content (AvgIpc) is 2.83. The molecule has 1 saturated carbocycles. The fraction of sp³-hybridized carbons (Fsp3) is 0.688. The first-order valence-electron chi connectivity index (χ1n) is 7.79. The molecule has 19 heavy (non-hydrogen) atoms. The van der Waals surface area contributed by atoms with Crippen molar-refractivity contribution in [3.05, 3.63) is 24.0 Å². The van der Waals surface area contributed by atoms with Crippen LogP contribution in [-0.4, -0.2) is 29.0 Å². The minimum absolute atomic E-state index is 0.832. The highest BCUT2D eigenvalue weighted by atomic mass is 15.2. The molecule has 0 radical (unpaired) electrons. The minimum Gasteiger partial charge on any atom is -0.385 e. The van der Waals surface area contributed by atoms with E-state index < -0.39 is 0 Å². The maximum absolute atomic E-state index is 4.54.